The summed E-state index contributed by atoms with van der Waals surface area (Å²) in [6, 6.07) is 0.286. The first-order valence-corrected chi connectivity index (χ1v) is 7.03. The number of aryl methyl sites for hydroxylation is 1. The number of carboxylic acids is 1. The second kappa shape index (κ2) is 5.75. The van der Waals surface area contributed by atoms with Crippen LogP contribution in [-0.4, -0.2) is 39.6 Å². The van der Waals surface area contributed by atoms with Gasteiger partial charge in [-0.3, -0.25) is 4.79 Å². The number of carboxylic acid groups (broad SMARTS) is 1. The lowest BCUT2D eigenvalue weighted by Crippen LogP contribution is -2.22. The van der Waals surface area contributed by atoms with Crippen LogP contribution in [0.15, 0.2) is 11.4 Å². The van der Waals surface area contributed by atoms with E-state index >= 15 is 0 Å². The van der Waals surface area contributed by atoms with Crippen LogP contribution in [0, 0.1) is 6.92 Å². The SMILES string of the molecule is COC1CCCC1n1c(C)cnc1SCC(=O)O. The van der Waals surface area contributed by atoms with Crippen LogP contribution in [-0.2, 0) is 9.53 Å². The molecule has 2 rings (SSSR count). The molecule has 2 unspecified atom stereocenters. The fourth-order valence-corrected chi connectivity index (χ4v) is 3.34. The molecular formula is C12H18N2O3S. The van der Waals surface area contributed by atoms with Crippen LogP contribution in [0.1, 0.15) is 31.0 Å². The number of ether oxygens (including phenoxy) is 1. The van der Waals surface area contributed by atoms with Crippen molar-refractivity contribution in [3.05, 3.63) is 11.9 Å². The molecule has 0 bridgehead atoms. The molecule has 1 saturated carbocycles. The van der Waals surface area contributed by atoms with Gasteiger partial charge in [-0.05, 0) is 26.2 Å². The average Bonchev–Trinajstić information content (AvgIpc) is 2.92. The molecule has 0 aliphatic heterocycles. The third kappa shape index (κ3) is 2.70. The Morgan fingerprint density at radius 1 is 1.67 bits per heavy atom. The van der Waals surface area contributed by atoms with E-state index in [0.29, 0.717) is 0 Å². The molecule has 0 spiro atoms. The number of methoxy groups -OCH3 is 1. The number of aromatic nitrogens is 2. The van der Waals surface area contributed by atoms with E-state index in [1.54, 1.807) is 13.3 Å². The highest BCUT2D eigenvalue weighted by molar-refractivity contribution is 7.99. The zero-order valence-electron chi connectivity index (χ0n) is 10.6. The molecule has 5 nitrogen and oxygen atoms in total. The summed E-state index contributed by atoms with van der Waals surface area (Å²) in [5.74, 6) is -0.775. The van der Waals surface area contributed by atoms with Gasteiger partial charge in [-0.2, -0.15) is 0 Å². The van der Waals surface area contributed by atoms with Gasteiger partial charge in [0, 0.05) is 19.0 Å². The van der Waals surface area contributed by atoms with E-state index in [1.165, 1.54) is 11.8 Å². The predicted molar refractivity (Wildman–Crippen MR) is 69.0 cm³/mol. The van der Waals surface area contributed by atoms with E-state index in [1.807, 2.05) is 6.92 Å². The minimum Gasteiger partial charge on any atom is -0.481 e. The molecule has 1 N–H and O–H groups in total. The van der Waals surface area contributed by atoms with E-state index in [2.05, 4.69) is 9.55 Å². The first-order valence-electron chi connectivity index (χ1n) is 6.04. The number of nitrogens with zero attached hydrogens (tertiary/aromatic N) is 2. The molecule has 18 heavy (non-hydrogen) atoms. The Labute approximate surface area is 111 Å². The first-order chi connectivity index (χ1) is 8.63. The topological polar surface area (TPSA) is 64.4 Å². The van der Waals surface area contributed by atoms with Crippen LogP contribution in [0.4, 0.5) is 0 Å². The third-order valence-electron chi connectivity index (χ3n) is 3.32. The van der Waals surface area contributed by atoms with Crippen molar-refractivity contribution >= 4 is 17.7 Å². The van der Waals surface area contributed by atoms with E-state index in [-0.39, 0.29) is 17.9 Å². The summed E-state index contributed by atoms with van der Waals surface area (Å²) >= 11 is 1.27. The number of imidazole rings is 1. The van der Waals surface area contributed by atoms with Gasteiger partial charge in [-0.15, -0.1) is 0 Å². The molecule has 0 aromatic carbocycles. The summed E-state index contributed by atoms with van der Waals surface area (Å²) in [5, 5.41) is 9.53. The van der Waals surface area contributed by atoms with Crippen molar-refractivity contribution < 1.29 is 14.6 Å². The summed E-state index contributed by atoms with van der Waals surface area (Å²) in [4.78, 5) is 15.0. The van der Waals surface area contributed by atoms with Crippen molar-refractivity contribution in [1.82, 2.24) is 9.55 Å². The van der Waals surface area contributed by atoms with Gasteiger partial charge >= 0.3 is 5.97 Å². The molecule has 1 fully saturated rings. The molecule has 1 aromatic heterocycles. The minimum atomic E-state index is -0.818. The van der Waals surface area contributed by atoms with Gasteiger partial charge in [0.25, 0.3) is 0 Å². The molecule has 0 radical (unpaired) electrons. The molecule has 1 aliphatic rings. The largest absolute Gasteiger partial charge is 0.481 e. The highest BCUT2D eigenvalue weighted by atomic mass is 32.2. The van der Waals surface area contributed by atoms with Crippen LogP contribution >= 0.6 is 11.8 Å². The Hall–Kier alpha value is -1.01. The fourth-order valence-electron chi connectivity index (χ4n) is 2.54. The van der Waals surface area contributed by atoms with Crippen molar-refractivity contribution in [3.63, 3.8) is 0 Å². The number of hydrogen-bond donors (Lipinski definition) is 1. The molecule has 0 saturated heterocycles. The second-order valence-corrected chi connectivity index (χ2v) is 5.45. The predicted octanol–water partition coefficient (Wildman–Crippen LogP) is 2.11. The van der Waals surface area contributed by atoms with Gasteiger partial charge in [-0.1, -0.05) is 11.8 Å². The number of aliphatic carboxylic acids is 1. The maximum Gasteiger partial charge on any atom is 0.313 e. The molecule has 6 heteroatoms. The lowest BCUT2D eigenvalue weighted by molar-refractivity contribution is -0.133. The molecular weight excluding hydrogens is 252 g/mol. The molecule has 1 aromatic rings. The number of hydrogen-bond acceptors (Lipinski definition) is 4. The van der Waals surface area contributed by atoms with Gasteiger partial charge in [0.05, 0.1) is 17.9 Å². The zero-order chi connectivity index (χ0) is 13.1. The van der Waals surface area contributed by atoms with Gasteiger partial charge in [0.1, 0.15) is 0 Å². The Morgan fingerprint density at radius 2 is 2.44 bits per heavy atom. The second-order valence-electron chi connectivity index (χ2n) is 4.51. The number of carbonyl (C=O) groups is 1. The number of thioether (sulfide) groups is 1. The summed E-state index contributed by atoms with van der Waals surface area (Å²) < 4.78 is 7.64. The molecule has 100 valence electrons. The Bertz CT molecular complexity index is 433. The van der Waals surface area contributed by atoms with Crippen molar-refractivity contribution in [2.75, 3.05) is 12.9 Å². The monoisotopic (exact) mass is 270 g/mol. The summed E-state index contributed by atoms with van der Waals surface area (Å²) in [7, 11) is 1.74. The summed E-state index contributed by atoms with van der Waals surface area (Å²) in [6.07, 6.45) is 5.28. The van der Waals surface area contributed by atoms with Gasteiger partial charge < -0.3 is 14.4 Å². The molecule has 1 aliphatic carbocycles. The maximum absolute atomic E-state index is 10.6. The van der Waals surface area contributed by atoms with Gasteiger partial charge in [0.15, 0.2) is 5.16 Å². The Balaban J connectivity index is 2.20. The third-order valence-corrected chi connectivity index (χ3v) is 4.28. The van der Waals surface area contributed by atoms with E-state index in [9.17, 15) is 4.79 Å². The van der Waals surface area contributed by atoms with Crippen molar-refractivity contribution in [2.45, 2.75) is 43.5 Å². The maximum atomic E-state index is 10.6. The highest BCUT2D eigenvalue weighted by Gasteiger charge is 2.31. The van der Waals surface area contributed by atoms with Crippen LogP contribution < -0.4 is 0 Å². The molecule has 2 atom stereocenters. The normalized spacial score (nSPS) is 23.4. The van der Waals surface area contributed by atoms with Crippen LogP contribution in [0.3, 0.4) is 0 Å². The first kappa shape index (κ1) is 13.4. The highest BCUT2D eigenvalue weighted by Crippen LogP contribution is 2.36. The Morgan fingerprint density at radius 3 is 3.11 bits per heavy atom. The Kier molecular flexibility index (Phi) is 4.29. The molecule has 0 amide bonds. The number of rotatable bonds is 5. The lowest BCUT2D eigenvalue weighted by Gasteiger charge is -2.22. The quantitative estimate of drug-likeness (QED) is 0.830. The molecule has 1 heterocycles. The van der Waals surface area contributed by atoms with Crippen LogP contribution in [0.25, 0.3) is 0 Å². The smallest absolute Gasteiger partial charge is 0.313 e. The van der Waals surface area contributed by atoms with Gasteiger partial charge in [0.2, 0.25) is 0 Å². The van der Waals surface area contributed by atoms with Crippen molar-refractivity contribution in [1.29, 1.82) is 0 Å². The van der Waals surface area contributed by atoms with Gasteiger partial charge in [-0.25, -0.2) is 4.98 Å². The van der Waals surface area contributed by atoms with Crippen LogP contribution in [0.2, 0.25) is 0 Å². The van der Waals surface area contributed by atoms with Crippen LogP contribution in [0.5, 0.6) is 0 Å². The van der Waals surface area contributed by atoms with Crippen molar-refractivity contribution in [2.24, 2.45) is 0 Å². The van der Waals surface area contributed by atoms with Crippen molar-refractivity contribution in [3.8, 4) is 0 Å². The standard InChI is InChI=1S/C12H18N2O3S/c1-8-6-13-12(18-7-11(15)16)14(8)9-4-3-5-10(9)17-2/h6,9-10H,3-5,7H2,1-2H3,(H,15,16). The zero-order valence-corrected chi connectivity index (χ0v) is 11.4. The fraction of sp³-hybridized carbons (Fsp3) is 0.667. The lowest BCUT2D eigenvalue weighted by atomic mass is 10.2. The minimum absolute atomic E-state index is 0.0425. The summed E-state index contributed by atoms with van der Waals surface area (Å²) in [6.45, 7) is 2.00. The van der Waals surface area contributed by atoms with E-state index in [0.717, 1.165) is 30.1 Å². The summed E-state index contributed by atoms with van der Waals surface area (Å²) in [5.41, 5.74) is 1.07. The average molecular weight is 270 g/mol. The van der Waals surface area contributed by atoms with E-state index < -0.39 is 5.97 Å². The van der Waals surface area contributed by atoms with E-state index in [4.69, 9.17) is 9.84 Å².